The Morgan fingerprint density at radius 3 is 2.53 bits per heavy atom. The van der Waals surface area contributed by atoms with Crippen molar-refractivity contribution in [1.29, 1.82) is 0 Å². The number of aromatic nitrogens is 3. The van der Waals surface area contributed by atoms with Gasteiger partial charge in [0.1, 0.15) is 6.61 Å². The van der Waals surface area contributed by atoms with Crippen molar-refractivity contribution in [1.82, 2.24) is 20.5 Å². The van der Waals surface area contributed by atoms with Gasteiger partial charge in [-0.05, 0) is 41.5 Å². The monoisotopic (exact) mass is 400 g/mol. The average molecular weight is 400 g/mol. The third-order valence-electron chi connectivity index (χ3n) is 4.55. The van der Waals surface area contributed by atoms with Crippen molar-refractivity contribution in [3.05, 3.63) is 102 Å². The number of benzene rings is 2. The number of nitrogens with zero attached hydrogens (tertiary/aromatic N) is 3. The number of amides is 1. The van der Waals surface area contributed by atoms with Gasteiger partial charge < -0.3 is 14.5 Å². The molecule has 0 radical (unpaired) electrons. The molecule has 2 aromatic heterocycles. The fraction of sp³-hybridized carbons (Fsp3) is 0.130. The molecule has 4 rings (SSSR count). The molecule has 30 heavy (non-hydrogen) atoms. The molecule has 0 unspecified atom stereocenters. The Balaban J connectivity index is 1.60. The van der Waals surface area contributed by atoms with Crippen molar-refractivity contribution in [3.8, 4) is 11.5 Å². The number of nitrogens with one attached hydrogen (secondary N) is 1. The zero-order valence-corrected chi connectivity index (χ0v) is 16.4. The second-order valence-corrected chi connectivity index (χ2v) is 6.61. The molecule has 0 saturated heterocycles. The number of methoxy groups -OCH3 is 1. The number of carbonyl (C=O) groups is 1. The molecule has 0 fully saturated rings. The van der Waals surface area contributed by atoms with E-state index in [0.29, 0.717) is 22.9 Å². The first kappa shape index (κ1) is 19.5. The summed E-state index contributed by atoms with van der Waals surface area (Å²) in [5.41, 5.74) is 3.09. The van der Waals surface area contributed by atoms with E-state index in [1.807, 2.05) is 48.5 Å². The van der Waals surface area contributed by atoms with E-state index in [-0.39, 0.29) is 18.6 Å². The normalized spacial score (nSPS) is 11.8. The molecule has 0 aliphatic heterocycles. The zero-order chi connectivity index (χ0) is 20.8. The highest BCUT2D eigenvalue weighted by Gasteiger charge is 2.18. The highest BCUT2D eigenvalue weighted by atomic mass is 16.5. The fourth-order valence-corrected chi connectivity index (χ4v) is 3.12. The van der Waals surface area contributed by atoms with Crippen LogP contribution in [0, 0.1) is 0 Å². The SMILES string of the molecule is COCc1nnc(-c2cccc(C(=O)N[C@H](c3ccccc3)c3ccncc3)c2)o1. The largest absolute Gasteiger partial charge is 0.418 e. The van der Waals surface area contributed by atoms with Crippen molar-refractivity contribution in [2.45, 2.75) is 12.6 Å². The summed E-state index contributed by atoms with van der Waals surface area (Å²) >= 11 is 0. The van der Waals surface area contributed by atoms with Crippen molar-refractivity contribution in [2.24, 2.45) is 0 Å². The van der Waals surface area contributed by atoms with Crippen LogP contribution in [0.4, 0.5) is 0 Å². The summed E-state index contributed by atoms with van der Waals surface area (Å²) in [5, 5.41) is 11.1. The Hall–Kier alpha value is -3.84. The van der Waals surface area contributed by atoms with Gasteiger partial charge in [0.2, 0.25) is 11.8 Å². The van der Waals surface area contributed by atoms with E-state index in [1.165, 1.54) is 0 Å². The van der Waals surface area contributed by atoms with Gasteiger partial charge in [-0.2, -0.15) is 0 Å². The summed E-state index contributed by atoms with van der Waals surface area (Å²) < 4.78 is 10.6. The molecule has 0 saturated carbocycles. The third-order valence-corrected chi connectivity index (χ3v) is 4.55. The minimum absolute atomic E-state index is 0.209. The van der Waals surface area contributed by atoms with Crippen molar-refractivity contribution in [3.63, 3.8) is 0 Å². The number of ether oxygens (including phenoxy) is 1. The van der Waals surface area contributed by atoms with Gasteiger partial charge in [-0.15, -0.1) is 10.2 Å². The topological polar surface area (TPSA) is 90.1 Å². The third kappa shape index (κ3) is 4.42. The predicted octanol–water partition coefficient (Wildman–Crippen LogP) is 3.80. The first-order valence-corrected chi connectivity index (χ1v) is 9.42. The van der Waals surface area contributed by atoms with Crippen LogP contribution < -0.4 is 5.32 Å². The standard InChI is InChI=1S/C23H20N4O3/c1-29-15-20-26-27-23(30-20)19-9-5-8-18(14-19)22(28)25-21(16-6-3-2-4-7-16)17-10-12-24-13-11-17/h2-14,21H,15H2,1H3,(H,25,28)/t21-/m1/s1. The predicted molar refractivity (Wildman–Crippen MR) is 110 cm³/mol. The molecule has 0 spiro atoms. The molecular formula is C23H20N4O3. The molecule has 1 amide bonds. The van der Waals surface area contributed by atoms with E-state index in [4.69, 9.17) is 9.15 Å². The Morgan fingerprint density at radius 2 is 1.77 bits per heavy atom. The fourth-order valence-electron chi connectivity index (χ4n) is 3.12. The molecule has 1 N–H and O–H groups in total. The van der Waals surface area contributed by atoms with Gasteiger partial charge in [-0.3, -0.25) is 9.78 Å². The van der Waals surface area contributed by atoms with Crippen molar-refractivity contribution < 1.29 is 13.9 Å². The molecule has 0 aliphatic rings. The van der Waals surface area contributed by atoms with E-state index >= 15 is 0 Å². The minimum atomic E-state index is -0.304. The Kier molecular flexibility index (Phi) is 5.91. The van der Waals surface area contributed by atoms with Crippen LogP contribution in [0.3, 0.4) is 0 Å². The summed E-state index contributed by atoms with van der Waals surface area (Å²) in [6.07, 6.45) is 3.43. The van der Waals surface area contributed by atoms with Gasteiger partial charge in [0, 0.05) is 30.6 Å². The molecule has 7 heteroatoms. The zero-order valence-electron chi connectivity index (χ0n) is 16.4. The van der Waals surface area contributed by atoms with Crippen LogP contribution in [-0.4, -0.2) is 28.2 Å². The van der Waals surface area contributed by atoms with Crippen LogP contribution in [0.2, 0.25) is 0 Å². The van der Waals surface area contributed by atoms with E-state index < -0.39 is 0 Å². The second-order valence-electron chi connectivity index (χ2n) is 6.61. The van der Waals surface area contributed by atoms with Crippen molar-refractivity contribution in [2.75, 3.05) is 7.11 Å². The van der Waals surface area contributed by atoms with E-state index in [9.17, 15) is 4.79 Å². The molecule has 150 valence electrons. The summed E-state index contributed by atoms with van der Waals surface area (Å²) in [6, 6.07) is 20.4. The number of hydrogen-bond donors (Lipinski definition) is 1. The van der Waals surface area contributed by atoms with Gasteiger partial charge in [-0.25, -0.2) is 0 Å². The number of rotatable bonds is 7. The Labute approximate surface area is 173 Å². The van der Waals surface area contributed by atoms with E-state index in [0.717, 1.165) is 11.1 Å². The molecular weight excluding hydrogens is 380 g/mol. The number of pyridine rings is 1. The van der Waals surface area contributed by atoms with Crippen LogP contribution in [0.1, 0.15) is 33.4 Å². The lowest BCUT2D eigenvalue weighted by Crippen LogP contribution is -2.29. The van der Waals surface area contributed by atoms with Crippen molar-refractivity contribution >= 4 is 5.91 Å². The first-order valence-electron chi connectivity index (χ1n) is 9.42. The summed E-state index contributed by atoms with van der Waals surface area (Å²) in [5.74, 6) is 0.508. The maximum absolute atomic E-state index is 13.1. The second kappa shape index (κ2) is 9.11. The van der Waals surface area contributed by atoms with Gasteiger partial charge >= 0.3 is 0 Å². The molecule has 4 aromatic rings. The maximum atomic E-state index is 13.1. The molecule has 1 atom stereocenters. The quantitative estimate of drug-likeness (QED) is 0.508. The van der Waals surface area contributed by atoms with Gasteiger partial charge in [0.05, 0.1) is 6.04 Å². The smallest absolute Gasteiger partial charge is 0.252 e. The Bertz CT molecular complexity index is 1070. The van der Waals surface area contributed by atoms with Crippen LogP contribution in [0.5, 0.6) is 0 Å². The van der Waals surface area contributed by atoms with Gasteiger partial charge in [-0.1, -0.05) is 36.4 Å². The minimum Gasteiger partial charge on any atom is -0.418 e. The van der Waals surface area contributed by atoms with E-state index in [2.05, 4.69) is 20.5 Å². The molecule has 2 aromatic carbocycles. The van der Waals surface area contributed by atoms with Gasteiger partial charge in [0.15, 0.2) is 0 Å². The highest BCUT2D eigenvalue weighted by molar-refractivity contribution is 5.95. The average Bonchev–Trinajstić information content (AvgIpc) is 3.27. The summed E-state index contributed by atoms with van der Waals surface area (Å²) in [7, 11) is 1.56. The van der Waals surface area contributed by atoms with Gasteiger partial charge in [0.25, 0.3) is 5.91 Å². The lowest BCUT2D eigenvalue weighted by atomic mass is 9.99. The van der Waals surface area contributed by atoms with Crippen LogP contribution in [0.15, 0.2) is 83.5 Å². The number of hydrogen-bond acceptors (Lipinski definition) is 6. The van der Waals surface area contributed by atoms with Crippen LogP contribution in [-0.2, 0) is 11.3 Å². The first-order chi connectivity index (χ1) is 14.7. The summed E-state index contributed by atoms with van der Waals surface area (Å²) in [4.78, 5) is 17.2. The lowest BCUT2D eigenvalue weighted by molar-refractivity contribution is 0.0943. The van der Waals surface area contributed by atoms with E-state index in [1.54, 1.807) is 37.7 Å². The van der Waals surface area contributed by atoms with Crippen LogP contribution in [0.25, 0.3) is 11.5 Å². The molecule has 0 aliphatic carbocycles. The summed E-state index contributed by atoms with van der Waals surface area (Å²) in [6.45, 7) is 0.234. The molecule has 7 nitrogen and oxygen atoms in total. The highest BCUT2D eigenvalue weighted by Crippen LogP contribution is 2.23. The number of carbonyl (C=O) groups excluding carboxylic acids is 1. The van der Waals surface area contributed by atoms with Crippen LogP contribution >= 0.6 is 0 Å². The Morgan fingerprint density at radius 1 is 1.00 bits per heavy atom. The maximum Gasteiger partial charge on any atom is 0.252 e. The molecule has 2 heterocycles. The lowest BCUT2D eigenvalue weighted by Gasteiger charge is -2.20. The molecule has 0 bridgehead atoms.